The number of nitrogens with one attached hydrogen (secondary N) is 2. The van der Waals surface area contributed by atoms with Crippen LogP contribution in [0.15, 0.2) is 67.0 Å². The molecule has 2 N–H and O–H groups in total. The Morgan fingerprint density at radius 2 is 1.52 bits per heavy atom. The highest BCUT2D eigenvalue weighted by Crippen LogP contribution is 2.25. The Balaban J connectivity index is 1.68. The summed E-state index contributed by atoms with van der Waals surface area (Å²) < 4.78 is 0. The van der Waals surface area contributed by atoms with Gasteiger partial charge in [0.1, 0.15) is 0 Å². The summed E-state index contributed by atoms with van der Waals surface area (Å²) in [5.74, 6) is 0.662. The molecule has 0 saturated heterocycles. The monoisotopic (exact) mass is 360 g/mol. The SMILES string of the molecule is CC(C)c1ccccc1Nc1ncc(C(=O)NC(C)c2ccccc2)cn1. The van der Waals surface area contributed by atoms with E-state index in [4.69, 9.17) is 0 Å². The minimum absolute atomic E-state index is 0.0885. The zero-order valence-corrected chi connectivity index (χ0v) is 15.8. The molecule has 138 valence electrons. The number of carbonyl (C=O) groups excluding carboxylic acids is 1. The van der Waals surface area contributed by atoms with Crippen molar-refractivity contribution < 1.29 is 4.79 Å². The summed E-state index contributed by atoms with van der Waals surface area (Å²) in [4.78, 5) is 21.0. The Hall–Kier alpha value is -3.21. The summed E-state index contributed by atoms with van der Waals surface area (Å²) in [7, 11) is 0. The molecule has 0 radical (unpaired) electrons. The van der Waals surface area contributed by atoms with Gasteiger partial charge in [-0.05, 0) is 30.0 Å². The number of carbonyl (C=O) groups is 1. The van der Waals surface area contributed by atoms with E-state index < -0.39 is 0 Å². The quantitative estimate of drug-likeness (QED) is 0.660. The van der Waals surface area contributed by atoms with E-state index in [0.29, 0.717) is 17.4 Å². The second-order valence-corrected chi connectivity index (χ2v) is 6.77. The van der Waals surface area contributed by atoms with E-state index in [9.17, 15) is 4.79 Å². The smallest absolute Gasteiger partial charge is 0.254 e. The predicted octanol–water partition coefficient (Wildman–Crippen LogP) is 4.83. The topological polar surface area (TPSA) is 66.9 Å². The van der Waals surface area contributed by atoms with Crippen LogP contribution < -0.4 is 10.6 Å². The molecule has 0 saturated carbocycles. The van der Waals surface area contributed by atoms with Crippen molar-refractivity contribution in [1.82, 2.24) is 15.3 Å². The highest BCUT2D eigenvalue weighted by molar-refractivity contribution is 5.93. The van der Waals surface area contributed by atoms with Crippen molar-refractivity contribution in [3.8, 4) is 0 Å². The fraction of sp³-hybridized carbons (Fsp3) is 0.227. The lowest BCUT2D eigenvalue weighted by Crippen LogP contribution is -2.26. The van der Waals surface area contributed by atoms with Crippen LogP contribution in [0.3, 0.4) is 0 Å². The van der Waals surface area contributed by atoms with Crippen molar-refractivity contribution in [2.24, 2.45) is 0 Å². The molecule has 5 nitrogen and oxygen atoms in total. The zero-order valence-electron chi connectivity index (χ0n) is 15.8. The molecule has 0 spiro atoms. The van der Waals surface area contributed by atoms with E-state index >= 15 is 0 Å². The fourth-order valence-electron chi connectivity index (χ4n) is 2.85. The lowest BCUT2D eigenvalue weighted by molar-refractivity contribution is 0.0939. The number of hydrogen-bond acceptors (Lipinski definition) is 4. The van der Waals surface area contributed by atoms with E-state index in [1.54, 1.807) is 12.4 Å². The first kappa shape index (κ1) is 18.6. The van der Waals surface area contributed by atoms with Gasteiger partial charge in [-0.1, -0.05) is 62.4 Å². The maximum atomic E-state index is 12.4. The molecule has 0 fully saturated rings. The van der Waals surface area contributed by atoms with Crippen LogP contribution in [0.1, 0.15) is 54.2 Å². The molecule has 1 heterocycles. The van der Waals surface area contributed by atoms with Crippen molar-refractivity contribution in [1.29, 1.82) is 0 Å². The van der Waals surface area contributed by atoms with Gasteiger partial charge in [0.25, 0.3) is 5.91 Å². The molecule has 1 unspecified atom stereocenters. The maximum Gasteiger partial charge on any atom is 0.254 e. The molecule has 1 amide bonds. The summed E-state index contributed by atoms with van der Waals surface area (Å²) in [5, 5.41) is 6.20. The first-order valence-corrected chi connectivity index (χ1v) is 9.08. The molecular formula is C22H24N4O. The van der Waals surface area contributed by atoms with Gasteiger partial charge < -0.3 is 10.6 Å². The van der Waals surface area contributed by atoms with Gasteiger partial charge >= 0.3 is 0 Å². The number of rotatable bonds is 6. The Bertz CT molecular complexity index is 892. The average molecular weight is 360 g/mol. The van der Waals surface area contributed by atoms with Crippen LogP contribution in [0.2, 0.25) is 0 Å². The number of hydrogen-bond donors (Lipinski definition) is 2. The van der Waals surface area contributed by atoms with Crippen molar-refractivity contribution in [2.75, 3.05) is 5.32 Å². The summed E-state index contributed by atoms with van der Waals surface area (Å²) in [5.41, 5.74) is 3.65. The summed E-state index contributed by atoms with van der Waals surface area (Å²) >= 11 is 0. The standard InChI is InChI=1S/C22H24N4O/c1-15(2)19-11-7-8-12-20(19)26-22-23-13-18(14-24-22)21(27)25-16(3)17-9-5-4-6-10-17/h4-16H,1-3H3,(H,25,27)(H,23,24,26). The highest BCUT2D eigenvalue weighted by atomic mass is 16.1. The van der Waals surface area contributed by atoms with E-state index in [-0.39, 0.29) is 11.9 Å². The van der Waals surface area contributed by atoms with Crippen LogP contribution in [0.25, 0.3) is 0 Å². The van der Waals surface area contributed by atoms with Crippen LogP contribution in [0, 0.1) is 0 Å². The third-order valence-electron chi connectivity index (χ3n) is 4.39. The average Bonchev–Trinajstić information content (AvgIpc) is 2.69. The first-order chi connectivity index (χ1) is 13.0. The fourth-order valence-corrected chi connectivity index (χ4v) is 2.85. The number of aromatic nitrogens is 2. The third-order valence-corrected chi connectivity index (χ3v) is 4.39. The summed E-state index contributed by atoms with van der Waals surface area (Å²) in [6.45, 7) is 6.23. The number of anilines is 2. The first-order valence-electron chi connectivity index (χ1n) is 9.08. The zero-order chi connectivity index (χ0) is 19.2. The lowest BCUT2D eigenvalue weighted by atomic mass is 10.0. The van der Waals surface area contributed by atoms with Crippen molar-refractivity contribution in [3.63, 3.8) is 0 Å². The molecular weight excluding hydrogens is 336 g/mol. The Morgan fingerprint density at radius 3 is 2.19 bits per heavy atom. The Labute approximate surface area is 159 Å². The van der Waals surface area contributed by atoms with E-state index in [1.807, 2.05) is 55.5 Å². The van der Waals surface area contributed by atoms with Crippen LogP contribution in [0.5, 0.6) is 0 Å². The molecule has 5 heteroatoms. The normalized spacial score (nSPS) is 11.9. The highest BCUT2D eigenvalue weighted by Gasteiger charge is 2.13. The second-order valence-electron chi connectivity index (χ2n) is 6.77. The largest absolute Gasteiger partial charge is 0.345 e. The number of amides is 1. The molecule has 0 bridgehead atoms. The maximum absolute atomic E-state index is 12.4. The molecule has 3 aromatic rings. The summed E-state index contributed by atoms with van der Waals surface area (Å²) in [6.07, 6.45) is 3.08. The summed E-state index contributed by atoms with van der Waals surface area (Å²) in [6, 6.07) is 17.8. The number of para-hydroxylation sites is 1. The van der Waals surface area contributed by atoms with Crippen LogP contribution in [0.4, 0.5) is 11.6 Å². The molecule has 1 aromatic heterocycles. The van der Waals surface area contributed by atoms with Gasteiger partial charge in [0, 0.05) is 18.1 Å². The van der Waals surface area contributed by atoms with Crippen molar-refractivity contribution in [3.05, 3.63) is 83.7 Å². The molecule has 3 rings (SSSR count). The number of nitrogens with zero attached hydrogens (tertiary/aromatic N) is 2. The van der Waals surface area contributed by atoms with Gasteiger partial charge in [-0.25, -0.2) is 9.97 Å². The molecule has 0 aliphatic heterocycles. The minimum atomic E-state index is -0.194. The predicted molar refractivity (Wildman–Crippen MR) is 108 cm³/mol. The molecule has 27 heavy (non-hydrogen) atoms. The minimum Gasteiger partial charge on any atom is -0.345 e. The van der Waals surface area contributed by atoms with Gasteiger partial charge in [-0.15, -0.1) is 0 Å². The van der Waals surface area contributed by atoms with Crippen LogP contribution in [-0.2, 0) is 0 Å². The van der Waals surface area contributed by atoms with Crippen molar-refractivity contribution in [2.45, 2.75) is 32.7 Å². The Morgan fingerprint density at radius 1 is 0.889 bits per heavy atom. The van der Waals surface area contributed by atoms with Crippen LogP contribution in [-0.4, -0.2) is 15.9 Å². The van der Waals surface area contributed by atoms with E-state index in [0.717, 1.165) is 11.3 Å². The third kappa shape index (κ3) is 4.70. The molecule has 1 atom stereocenters. The number of benzene rings is 2. The van der Waals surface area contributed by atoms with Crippen molar-refractivity contribution >= 4 is 17.5 Å². The molecule has 0 aliphatic carbocycles. The van der Waals surface area contributed by atoms with Gasteiger partial charge in [0.15, 0.2) is 0 Å². The van der Waals surface area contributed by atoms with Gasteiger partial charge in [-0.3, -0.25) is 4.79 Å². The molecule has 0 aliphatic rings. The van der Waals surface area contributed by atoms with E-state index in [2.05, 4.69) is 40.5 Å². The van der Waals surface area contributed by atoms with Crippen LogP contribution >= 0.6 is 0 Å². The second kappa shape index (κ2) is 8.45. The van der Waals surface area contributed by atoms with E-state index in [1.165, 1.54) is 5.56 Å². The van der Waals surface area contributed by atoms with Gasteiger partial charge in [-0.2, -0.15) is 0 Å². The lowest BCUT2D eigenvalue weighted by Gasteiger charge is -2.15. The molecule has 2 aromatic carbocycles. The Kier molecular flexibility index (Phi) is 5.81. The van der Waals surface area contributed by atoms with Gasteiger partial charge in [0.2, 0.25) is 5.95 Å². The van der Waals surface area contributed by atoms with Gasteiger partial charge in [0.05, 0.1) is 11.6 Å².